The Morgan fingerprint density at radius 3 is 2.55 bits per heavy atom. The summed E-state index contributed by atoms with van der Waals surface area (Å²) in [5.74, 6) is -0.561. The van der Waals surface area contributed by atoms with E-state index >= 15 is 0 Å². The predicted molar refractivity (Wildman–Crippen MR) is 112 cm³/mol. The van der Waals surface area contributed by atoms with Gasteiger partial charge in [0.2, 0.25) is 18.0 Å². The molecule has 0 aromatic heterocycles. The lowest BCUT2D eigenvalue weighted by Crippen LogP contribution is -2.43. The molecule has 162 valence electrons. The van der Waals surface area contributed by atoms with Crippen LogP contribution in [-0.4, -0.2) is 42.9 Å². The highest BCUT2D eigenvalue weighted by atomic mass is 16.6. The van der Waals surface area contributed by atoms with Gasteiger partial charge in [-0.25, -0.2) is 4.79 Å². The Morgan fingerprint density at radius 2 is 1.87 bits per heavy atom. The molecule has 31 heavy (non-hydrogen) atoms. The highest BCUT2D eigenvalue weighted by molar-refractivity contribution is 6.01. The third kappa shape index (κ3) is 3.48. The number of aryl methyl sites for hydroxylation is 2. The Labute approximate surface area is 180 Å². The highest BCUT2D eigenvalue weighted by Gasteiger charge is 2.47. The minimum Gasteiger partial charge on any atom is -0.493 e. The van der Waals surface area contributed by atoms with E-state index in [0.29, 0.717) is 23.4 Å². The van der Waals surface area contributed by atoms with E-state index in [-0.39, 0.29) is 29.5 Å². The van der Waals surface area contributed by atoms with Gasteiger partial charge in [-0.15, -0.1) is 0 Å². The molecule has 2 aliphatic heterocycles. The molecular formula is C23H24N2O6. The van der Waals surface area contributed by atoms with Crippen LogP contribution in [-0.2, 0) is 14.3 Å². The number of amides is 2. The van der Waals surface area contributed by atoms with Crippen molar-refractivity contribution >= 4 is 23.5 Å². The van der Waals surface area contributed by atoms with Gasteiger partial charge in [0.15, 0.2) is 11.5 Å². The van der Waals surface area contributed by atoms with E-state index in [1.807, 2.05) is 32.0 Å². The van der Waals surface area contributed by atoms with Gasteiger partial charge in [-0.2, -0.15) is 0 Å². The van der Waals surface area contributed by atoms with Crippen LogP contribution in [0.3, 0.4) is 0 Å². The van der Waals surface area contributed by atoms with Gasteiger partial charge in [0.05, 0.1) is 14.2 Å². The number of cyclic esters (lactones) is 1. The zero-order chi connectivity index (χ0) is 22.3. The van der Waals surface area contributed by atoms with Crippen LogP contribution in [0.15, 0.2) is 30.3 Å². The topological polar surface area (TPSA) is 94.2 Å². The van der Waals surface area contributed by atoms with Gasteiger partial charge < -0.3 is 19.5 Å². The number of nitrogens with zero attached hydrogens (tertiary/aromatic N) is 1. The van der Waals surface area contributed by atoms with Gasteiger partial charge in [-0.3, -0.25) is 14.5 Å². The third-order valence-corrected chi connectivity index (χ3v) is 5.85. The van der Waals surface area contributed by atoms with E-state index in [0.717, 1.165) is 11.1 Å². The van der Waals surface area contributed by atoms with Crippen molar-refractivity contribution < 1.29 is 28.6 Å². The van der Waals surface area contributed by atoms with E-state index in [1.165, 1.54) is 19.1 Å². The van der Waals surface area contributed by atoms with Gasteiger partial charge in [-0.05, 0) is 55.7 Å². The first-order chi connectivity index (χ1) is 14.8. The largest absolute Gasteiger partial charge is 0.493 e. The molecule has 0 aliphatic carbocycles. The molecule has 2 aromatic rings. The Morgan fingerprint density at radius 1 is 1.10 bits per heavy atom. The molecule has 0 spiro atoms. The van der Waals surface area contributed by atoms with E-state index in [2.05, 4.69) is 5.32 Å². The summed E-state index contributed by atoms with van der Waals surface area (Å²) in [6.45, 7) is 3.96. The summed E-state index contributed by atoms with van der Waals surface area (Å²) in [5.41, 5.74) is 3.51. The molecule has 2 aliphatic rings. The third-order valence-electron chi connectivity index (χ3n) is 5.85. The summed E-state index contributed by atoms with van der Waals surface area (Å²) in [4.78, 5) is 39.8. The number of esters is 1. The molecule has 2 heterocycles. The van der Waals surface area contributed by atoms with Crippen LogP contribution in [0.4, 0.5) is 5.69 Å². The average Bonchev–Trinajstić information content (AvgIpc) is 3.29. The van der Waals surface area contributed by atoms with Crippen molar-refractivity contribution in [1.82, 2.24) is 4.90 Å². The van der Waals surface area contributed by atoms with Crippen LogP contribution in [0.2, 0.25) is 0 Å². The van der Waals surface area contributed by atoms with E-state index in [1.54, 1.807) is 12.1 Å². The summed E-state index contributed by atoms with van der Waals surface area (Å²) in [5, 5.41) is 2.88. The monoisotopic (exact) mass is 424 g/mol. The number of anilines is 1. The summed E-state index contributed by atoms with van der Waals surface area (Å²) in [7, 11) is 2.90. The van der Waals surface area contributed by atoms with Crippen LogP contribution in [0.25, 0.3) is 0 Å². The van der Waals surface area contributed by atoms with Crippen molar-refractivity contribution in [2.75, 3.05) is 19.5 Å². The number of benzene rings is 2. The second-order valence-corrected chi connectivity index (χ2v) is 7.67. The van der Waals surface area contributed by atoms with Crippen molar-refractivity contribution in [3.63, 3.8) is 0 Å². The highest BCUT2D eigenvalue weighted by Crippen LogP contribution is 2.45. The number of nitrogens with one attached hydrogen (secondary N) is 1. The lowest BCUT2D eigenvalue weighted by Gasteiger charge is -2.29. The first-order valence-electron chi connectivity index (χ1n) is 10.0. The number of hydrogen-bond acceptors (Lipinski definition) is 6. The number of carbonyl (C=O) groups excluding carboxylic acids is 3. The van der Waals surface area contributed by atoms with Crippen molar-refractivity contribution in [2.45, 2.75) is 39.0 Å². The smallest absolute Gasteiger partial charge is 0.344 e. The number of rotatable bonds is 5. The summed E-state index contributed by atoms with van der Waals surface area (Å²) >= 11 is 0. The number of carbonyl (C=O) groups is 3. The second-order valence-electron chi connectivity index (χ2n) is 7.67. The fourth-order valence-corrected chi connectivity index (χ4v) is 4.09. The van der Waals surface area contributed by atoms with Crippen molar-refractivity contribution in [1.29, 1.82) is 0 Å². The molecule has 1 saturated heterocycles. The van der Waals surface area contributed by atoms with Gasteiger partial charge in [0, 0.05) is 17.7 Å². The zero-order valence-electron chi connectivity index (χ0n) is 17.9. The minimum absolute atomic E-state index is 0.196. The number of methoxy groups -OCH3 is 2. The molecule has 2 aromatic carbocycles. The molecule has 4 rings (SSSR count). The Hall–Kier alpha value is -3.55. The Kier molecular flexibility index (Phi) is 5.31. The van der Waals surface area contributed by atoms with Crippen LogP contribution in [0.1, 0.15) is 46.1 Å². The normalized spacial score (nSPS) is 19.8. The van der Waals surface area contributed by atoms with Crippen LogP contribution < -0.4 is 14.8 Å². The summed E-state index contributed by atoms with van der Waals surface area (Å²) in [6.07, 6.45) is -0.457. The zero-order valence-corrected chi connectivity index (χ0v) is 17.9. The first-order valence-corrected chi connectivity index (χ1v) is 10.0. The van der Waals surface area contributed by atoms with Gasteiger partial charge in [-0.1, -0.05) is 6.07 Å². The molecule has 0 saturated carbocycles. The molecule has 2 amide bonds. The number of hydrogen-bond donors (Lipinski definition) is 1. The van der Waals surface area contributed by atoms with Crippen LogP contribution in [0.5, 0.6) is 11.5 Å². The minimum atomic E-state index is -0.993. The Balaban J connectivity index is 1.64. The summed E-state index contributed by atoms with van der Waals surface area (Å²) < 4.78 is 16.2. The lowest BCUT2D eigenvalue weighted by molar-refractivity contribution is -0.144. The van der Waals surface area contributed by atoms with Gasteiger partial charge in [0.1, 0.15) is 11.6 Å². The maximum atomic E-state index is 13.1. The number of ether oxygens (including phenoxy) is 3. The van der Waals surface area contributed by atoms with Gasteiger partial charge in [0.25, 0.3) is 0 Å². The lowest BCUT2D eigenvalue weighted by atomic mass is 10.0. The van der Waals surface area contributed by atoms with E-state index < -0.39 is 18.2 Å². The predicted octanol–water partition coefficient (Wildman–Crippen LogP) is 3.12. The summed E-state index contributed by atoms with van der Waals surface area (Å²) in [6, 6.07) is 8.19. The van der Waals surface area contributed by atoms with Crippen molar-refractivity contribution in [3.8, 4) is 11.5 Å². The second kappa shape index (κ2) is 7.94. The maximum absolute atomic E-state index is 13.1. The van der Waals surface area contributed by atoms with Crippen LogP contribution in [0, 0.1) is 13.8 Å². The average molecular weight is 424 g/mol. The molecule has 0 bridgehead atoms. The van der Waals surface area contributed by atoms with E-state index in [4.69, 9.17) is 14.2 Å². The van der Waals surface area contributed by atoms with E-state index in [9.17, 15) is 14.4 Å². The molecule has 8 nitrogen and oxygen atoms in total. The molecule has 1 N–H and O–H groups in total. The molecule has 8 heteroatoms. The molecule has 1 fully saturated rings. The van der Waals surface area contributed by atoms with Crippen molar-refractivity contribution in [2.24, 2.45) is 0 Å². The quantitative estimate of drug-likeness (QED) is 0.742. The molecule has 0 radical (unpaired) electrons. The van der Waals surface area contributed by atoms with Crippen molar-refractivity contribution in [3.05, 3.63) is 52.6 Å². The molecule has 0 unspecified atom stereocenters. The van der Waals surface area contributed by atoms with Gasteiger partial charge >= 0.3 is 5.97 Å². The van der Waals surface area contributed by atoms with Crippen LogP contribution >= 0.6 is 0 Å². The Bertz CT molecular complexity index is 1080. The fraction of sp³-hybridized carbons (Fsp3) is 0.348. The molecule has 2 atom stereocenters. The fourth-order valence-electron chi connectivity index (χ4n) is 4.09. The number of fused-ring (bicyclic) bond motifs is 1. The maximum Gasteiger partial charge on any atom is 0.344 e. The molecular weight excluding hydrogens is 400 g/mol. The SMILES string of the molecule is COc1ccc2c(c1OC)C(=O)O[C@@H]2N1C(=O)CC[C@@H]1C(=O)Nc1ccc(C)c(C)c1. The standard InChI is InChI=1S/C23H24N2O6/c1-12-5-6-14(11-13(12)2)24-21(27)16-8-10-18(26)25(16)22-15-7-9-17(29-3)20(30-4)19(15)23(28)31-22/h5-7,9,11,16,22H,8,10H2,1-4H3,(H,24,27)/t16-,22+/m1/s1. The first kappa shape index (κ1) is 20.7. The number of likely N-dealkylation sites (tertiary alicyclic amines) is 1.